The molecule has 1 nitrogen and oxygen atoms in total. The monoisotopic (exact) mass is 595 g/mol. The fourth-order valence-electron chi connectivity index (χ4n) is 7.15. The van der Waals surface area contributed by atoms with Gasteiger partial charge in [-0.15, -0.1) is 0 Å². The lowest BCUT2D eigenvalue weighted by Gasteiger charge is -2.44. The van der Waals surface area contributed by atoms with E-state index in [-0.39, 0.29) is 0 Å². The molecular formula is C43H54BN. The van der Waals surface area contributed by atoms with E-state index >= 15 is 0 Å². The molecule has 0 amide bonds. The Morgan fingerprint density at radius 3 is 0.911 bits per heavy atom. The van der Waals surface area contributed by atoms with Gasteiger partial charge in [0.15, 0.2) is 0 Å². The third kappa shape index (κ3) is 9.08. The summed E-state index contributed by atoms with van der Waals surface area (Å²) in [5, 5.41) is 0. The summed E-state index contributed by atoms with van der Waals surface area (Å²) < 4.78 is 1.31. The number of rotatable bonds is 15. The van der Waals surface area contributed by atoms with Gasteiger partial charge in [-0.3, -0.25) is 0 Å². The first-order valence-corrected chi connectivity index (χ1v) is 17.4. The van der Waals surface area contributed by atoms with Gasteiger partial charge in [0.25, 0.3) is 0 Å². The molecule has 0 atom stereocenters. The Bertz CT molecular complexity index is 1270. The number of hydrogen-bond donors (Lipinski definition) is 0. The fraction of sp³-hybridized carbons (Fsp3) is 0.302. The van der Waals surface area contributed by atoms with Gasteiger partial charge >= 0.3 is 0 Å². The zero-order chi connectivity index (χ0) is 31.6. The van der Waals surface area contributed by atoms with Crippen LogP contribution in [-0.2, 0) is 6.54 Å². The SMILES string of the molecule is CCCC[N+](CCCC)(CCCC)Cc1ccccc1.c1ccc([B-](c2ccccc2)(c2ccccc2)c2ccccc2)cc1. The molecule has 0 bridgehead atoms. The molecular weight excluding hydrogens is 541 g/mol. The van der Waals surface area contributed by atoms with Gasteiger partial charge in [-0.25, -0.2) is 0 Å². The average Bonchev–Trinajstić information content (AvgIpc) is 3.12. The molecule has 45 heavy (non-hydrogen) atoms. The molecule has 0 aromatic heterocycles. The van der Waals surface area contributed by atoms with Gasteiger partial charge < -0.3 is 4.48 Å². The predicted octanol–water partition coefficient (Wildman–Crippen LogP) is 8.47. The highest BCUT2D eigenvalue weighted by Gasteiger charge is 2.31. The predicted molar refractivity (Wildman–Crippen MR) is 200 cm³/mol. The number of nitrogens with zero attached hydrogens (tertiary/aromatic N) is 1. The summed E-state index contributed by atoms with van der Waals surface area (Å²) in [5.41, 5.74) is 6.87. The number of unbranched alkanes of at least 4 members (excludes halogenated alkanes) is 3. The summed E-state index contributed by atoms with van der Waals surface area (Å²) in [5.74, 6) is 0. The Kier molecular flexibility index (Phi) is 13.7. The lowest BCUT2D eigenvalue weighted by Crippen LogP contribution is -2.74. The van der Waals surface area contributed by atoms with E-state index in [2.05, 4.69) is 172 Å². The van der Waals surface area contributed by atoms with E-state index < -0.39 is 6.15 Å². The number of quaternary nitrogens is 1. The molecule has 0 heterocycles. The zero-order valence-electron chi connectivity index (χ0n) is 28.0. The normalized spacial score (nSPS) is 11.4. The van der Waals surface area contributed by atoms with Crippen LogP contribution >= 0.6 is 0 Å². The van der Waals surface area contributed by atoms with Crippen LogP contribution in [0.3, 0.4) is 0 Å². The Balaban J connectivity index is 0.000000211. The van der Waals surface area contributed by atoms with E-state index in [1.807, 2.05) is 0 Å². The second-order valence-electron chi connectivity index (χ2n) is 12.7. The van der Waals surface area contributed by atoms with Crippen LogP contribution in [0.25, 0.3) is 0 Å². The van der Waals surface area contributed by atoms with Gasteiger partial charge in [0, 0.05) is 5.56 Å². The largest absolute Gasteiger partial charge is 0.320 e. The molecule has 0 N–H and O–H groups in total. The molecule has 5 aromatic rings. The van der Waals surface area contributed by atoms with Crippen LogP contribution in [0.4, 0.5) is 0 Å². The fourth-order valence-corrected chi connectivity index (χ4v) is 7.15. The third-order valence-electron chi connectivity index (χ3n) is 9.52. The van der Waals surface area contributed by atoms with E-state index in [9.17, 15) is 0 Å². The quantitative estimate of drug-likeness (QED) is 0.0842. The minimum absolute atomic E-state index is 1.22. The van der Waals surface area contributed by atoms with Gasteiger partial charge in [-0.1, -0.05) is 192 Å². The molecule has 0 spiro atoms. The first-order valence-electron chi connectivity index (χ1n) is 17.4. The van der Waals surface area contributed by atoms with E-state index in [1.54, 1.807) is 0 Å². The van der Waals surface area contributed by atoms with Crippen molar-refractivity contribution >= 4 is 28.0 Å². The van der Waals surface area contributed by atoms with E-state index in [4.69, 9.17) is 0 Å². The van der Waals surface area contributed by atoms with E-state index in [0.29, 0.717) is 0 Å². The molecule has 2 heteroatoms. The highest BCUT2D eigenvalue weighted by atomic mass is 15.3. The molecule has 5 aromatic carbocycles. The smallest absolute Gasteiger partial charge is 0.108 e. The molecule has 0 aliphatic heterocycles. The third-order valence-corrected chi connectivity index (χ3v) is 9.52. The molecule has 0 saturated carbocycles. The second kappa shape index (κ2) is 18.2. The number of hydrogen-bond acceptors (Lipinski definition) is 0. The van der Waals surface area contributed by atoms with Crippen LogP contribution < -0.4 is 21.9 Å². The lowest BCUT2D eigenvalue weighted by atomic mass is 9.13. The summed E-state index contributed by atoms with van der Waals surface area (Å²) in [6.45, 7) is 12.2. The second-order valence-corrected chi connectivity index (χ2v) is 12.7. The lowest BCUT2D eigenvalue weighted by molar-refractivity contribution is -0.941. The topological polar surface area (TPSA) is 0 Å². The van der Waals surface area contributed by atoms with E-state index in [0.717, 1.165) is 0 Å². The first-order chi connectivity index (χ1) is 22.2. The van der Waals surface area contributed by atoms with Gasteiger partial charge in [0.05, 0.1) is 19.6 Å². The van der Waals surface area contributed by atoms with Gasteiger partial charge in [-0.05, 0) is 19.3 Å². The van der Waals surface area contributed by atoms with Crippen molar-refractivity contribution in [2.45, 2.75) is 65.8 Å². The maximum atomic E-state index is 2.32. The summed E-state index contributed by atoms with van der Waals surface area (Å²) >= 11 is 0. The van der Waals surface area contributed by atoms with Gasteiger partial charge in [0.2, 0.25) is 0 Å². The zero-order valence-corrected chi connectivity index (χ0v) is 28.0. The highest BCUT2D eigenvalue weighted by Crippen LogP contribution is 2.20. The van der Waals surface area contributed by atoms with E-state index in [1.165, 1.54) is 96.6 Å². The van der Waals surface area contributed by atoms with Crippen LogP contribution in [0, 0.1) is 0 Å². The van der Waals surface area contributed by atoms with Gasteiger partial charge in [0.1, 0.15) is 12.7 Å². The van der Waals surface area contributed by atoms with Crippen molar-refractivity contribution in [2.24, 2.45) is 0 Å². The molecule has 0 aliphatic rings. The molecule has 0 saturated heterocycles. The molecule has 0 fully saturated rings. The number of benzene rings is 5. The maximum Gasteiger partial charge on any atom is 0.108 e. The summed E-state index contributed by atoms with van der Waals surface area (Å²) in [4.78, 5) is 0. The van der Waals surface area contributed by atoms with Crippen LogP contribution in [0.2, 0.25) is 0 Å². The Morgan fingerprint density at radius 1 is 0.378 bits per heavy atom. The summed E-state index contributed by atoms with van der Waals surface area (Å²) in [6, 6.07) is 54.6. The van der Waals surface area contributed by atoms with Crippen LogP contribution in [0.15, 0.2) is 152 Å². The minimum Gasteiger partial charge on any atom is -0.320 e. The maximum absolute atomic E-state index is 2.32. The van der Waals surface area contributed by atoms with Crippen molar-refractivity contribution in [2.75, 3.05) is 19.6 Å². The van der Waals surface area contributed by atoms with Crippen molar-refractivity contribution in [3.63, 3.8) is 0 Å². The minimum atomic E-state index is -1.22. The molecule has 0 aliphatic carbocycles. The van der Waals surface area contributed by atoms with Crippen molar-refractivity contribution in [3.05, 3.63) is 157 Å². The summed E-state index contributed by atoms with van der Waals surface area (Å²) in [6.07, 6.45) is 6.81. The Labute approximate surface area is 274 Å². The van der Waals surface area contributed by atoms with Crippen LogP contribution in [0.5, 0.6) is 0 Å². The molecule has 0 radical (unpaired) electrons. The Morgan fingerprint density at radius 2 is 0.644 bits per heavy atom. The van der Waals surface area contributed by atoms with Crippen molar-refractivity contribution in [1.82, 2.24) is 0 Å². The van der Waals surface area contributed by atoms with Crippen LogP contribution in [0.1, 0.15) is 64.9 Å². The molecule has 234 valence electrons. The molecule has 0 unspecified atom stereocenters. The van der Waals surface area contributed by atoms with Crippen molar-refractivity contribution in [1.29, 1.82) is 0 Å². The van der Waals surface area contributed by atoms with Crippen molar-refractivity contribution in [3.8, 4) is 0 Å². The highest BCUT2D eigenvalue weighted by molar-refractivity contribution is 7.19. The Hall–Kier alpha value is -3.88. The van der Waals surface area contributed by atoms with Crippen LogP contribution in [-0.4, -0.2) is 30.3 Å². The standard InChI is InChI=1S/C24H20B.C19H34N/c1-5-13-21(14-6-1)25(22-15-7-2-8-16-22,23-17-9-3-10-18-23)24-19-11-4-12-20-24;1-4-7-15-20(16-8-5-2,17-9-6-3)18-19-13-11-10-12-14-19/h1-20H;10-14H,4-9,15-18H2,1-3H3/q-1;+1. The summed E-state index contributed by atoms with van der Waals surface area (Å²) in [7, 11) is 0. The average molecular weight is 596 g/mol. The first kappa shape index (κ1) is 34.0. The van der Waals surface area contributed by atoms with Gasteiger partial charge in [-0.2, -0.15) is 21.9 Å². The molecule has 5 rings (SSSR count). The van der Waals surface area contributed by atoms with Crippen molar-refractivity contribution < 1.29 is 4.48 Å².